The molecule has 2 amide bonds. The Balaban J connectivity index is 1.39. The number of carbonyl (C=O) groups excluding carboxylic acids is 2. The van der Waals surface area contributed by atoms with Gasteiger partial charge in [0, 0.05) is 30.3 Å². The van der Waals surface area contributed by atoms with Crippen molar-refractivity contribution in [3.05, 3.63) is 65.2 Å². The summed E-state index contributed by atoms with van der Waals surface area (Å²) >= 11 is 0. The SMILES string of the molecule is NC(=O)c1ccc(CN(C(=O)c2ccc(OCC3CCCO3)cc2)C2CC2)cc1. The van der Waals surface area contributed by atoms with Gasteiger partial charge < -0.3 is 20.1 Å². The number of carbonyl (C=O) groups is 2. The molecule has 1 aliphatic heterocycles. The van der Waals surface area contributed by atoms with Crippen LogP contribution in [0.1, 0.15) is 52.0 Å². The number of primary amides is 1. The Labute approximate surface area is 170 Å². The second kappa shape index (κ2) is 8.66. The molecule has 2 fully saturated rings. The molecule has 0 bridgehead atoms. The Morgan fingerprint density at radius 1 is 1.00 bits per heavy atom. The van der Waals surface area contributed by atoms with Crippen LogP contribution in [0.3, 0.4) is 0 Å². The van der Waals surface area contributed by atoms with Crippen LogP contribution in [0.5, 0.6) is 5.75 Å². The Morgan fingerprint density at radius 3 is 2.28 bits per heavy atom. The second-order valence-corrected chi connectivity index (χ2v) is 7.70. The third-order valence-corrected chi connectivity index (χ3v) is 5.40. The van der Waals surface area contributed by atoms with E-state index in [1.54, 1.807) is 12.1 Å². The molecule has 2 N–H and O–H groups in total. The normalized spacial score (nSPS) is 18.4. The first-order chi connectivity index (χ1) is 14.1. The fourth-order valence-corrected chi connectivity index (χ4v) is 3.55. The van der Waals surface area contributed by atoms with Crippen molar-refractivity contribution in [1.29, 1.82) is 0 Å². The molecule has 6 heteroatoms. The van der Waals surface area contributed by atoms with Crippen LogP contribution >= 0.6 is 0 Å². The van der Waals surface area contributed by atoms with Gasteiger partial charge >= 0.3 is 0 Å². The van der Waals surface area contributed by atoms with Crippen molar-refractivity contribution in [1.82, 2.24) is 4.90 Å². The van der Waals surface area contributed by atoms with Crippen LogP contribution in [0.25, 0.3) is 0 Å². The molecule has 1 saturated heterocycles. The standard InChI is InChI=1S/C23H26N2O4/c24-22(26)17-5-3-16(4-6-17)14-25(19-9-10-19)23(27)18-7-11-20(12-8-18)29-15-21-2-1-13-28-21/h3-8,11-12,19,21H,1-2,9-10,13-15H2,(H2,24,26). The average molecular weight is 394 g/mol. The molecule has 1 aliphatic carbocycles. The van der Waals surface area contributed by atoms with E-state index in [1.807, 2.05) is 41.3 Å². The van der Waals surface area contributed by atoms with Crippen LogP contribution in [-0.2, 0) is 11.3 Å². The van der Waals surface area contributed by atoms with Crippen LogP contribution < -0.4 is 10.5 Å². The van der Waals surface area contributed by atoms with Crippen LogP contribution in [0.2, 0.25) is 0 Å². The van der Waals surface area contributed by atoms with E-state index in [9.17, 15) is 9.59 Å². The lowest BCUT2D eigenvalue weighted by Crippen LogP contribution is -2.32. The molecule has 6 nitrogen and oxygen atoms in total. The highest BCUT2D eigenvalue weighted by molar-refractivity contribution is 5.95. The fraction of sp³-hybridized carbons (Fsp3) is 0.391. The third-order valence-electron chi connectivity index (χ3n) is 5.40. The van der Waals surface area contributed by atoms with E-state index in [0.717, 1.165) is 43.6 Å². The van der Waals surface area contributed by atoms with E-state index < -0.39 is 5.91 Å². The topological polar surface area (TPSA) is 81.9 Å². The number of benzene rings is 2. The molecule has 4 rings (SSSR count). The molecule has 2 aliphatic rings. The molecule has 0 spiro atoms. The van der Waals surface area contributed by atoms with E-state index in [1.165, 1.54) is 0 Å². The second-order valence-electron chi connectivity index (χ2n) is 7.70. The maximum atomic E-state index is 13.1. The summed E-state index contributed by atoms with van der Waals surface area (Å²) < 4.78 is 11.4. The summed E-state index contributed by atoms with van der Waals surface area (Å²) in [6.07, 6.45) is 4.33. The van der Waals surface area contributed by atoms with Gasteiger partial charge in [-0.3, -0.25) is 9.59 Å². The molecule has 1 heterocycles. The van der Waals surface area contributed by atoms with Crippen molar-refractivity contribution in [3.63, 3.8) is 0 Å². The summed E-state index contributed by atoms with van der Waals surface area (Å²) in [6, 6.07) is 14.7. The lowest BCUT2D eigenvalue weighted by Gasteiger charge is -2.23. The molecule has 2 aromatic carbocycles. The summed E-state index contributed by atoms with van der Waals surface area (Å²) in [4.78, 5) is 26.2. The summed E-state index contributed by atoms with van der Waals surface area (Å²) in [6.45, 7) is 1.87. The van der Waals surface area contributed by atoms with Gasteiger partial charge in [0.1, 0.15) is 12.4 Å². The highest BCUT2D eigenvalue weighted by atomic mass is 16.5. The predicted molar refractivity (Wildman–Crippen MR) is 109 cm³/mol. The molecule has 1 saturated carbocycles. The van der Waals surface area contributed by atoms with Crippen LogP contribution in [-0.4, -0.2) is 42.1 Å². The van der Waals surface area contributed by atoms with Crippen LogP contribution in [0.15, 0.2) is 48.5 Å². The number of nitrogens with zero attached hydrogens (tertiary/aromatic N) is 1. The Kier molecular flexibility index (Phi) is 5.81. The first kappa shape index (κ1) is 19.5. The van der Waals surface area contributed by atoms with E-state index >= 15 is 0 Å². The van der Waals surface area contributed by atoms with E-state index in [0.29, 0.717) is 24.3 Å². The van der Waals surface area contributed by atoms with Crippen molar-refractivity contribution >= 4 is 11.8 Å². The fourth-order valence-electron chi connectivity index (χ4n) is 3.55. The van der Waals surface area contributed by atoms with E-state index in [2.05, 4.69) is 0 Å². The lowest BCUT2D eigenvalue weighted by molar-refractivity contribution is 0.0678. The largest absolute Gasteiger partial charge is 0.491 e. The minimum atomic E-state index is -0.450. The van der Waals surface area contributed by atoms with Gasteiger partial charge in [-0.2, -0.15) is 0 Å². The minimum absolute atomic E-state index is 0.0113. The van der Waals surface area contributed by atoms with Crippen molar-refractivity contribution in [2.45, 2.75) is 44.4 Å². The monoisotopic (exact) mass is 394 g/mol. The lowest BCUT2D eigenvalue weighted by atomic mass is 10.1. The summed E-state index contributed by atoms with van der Waals surface area (Å²) in [5.41, 5.74) is 7.39. The van der Waals surface area contributed by atoms with Gasteiger partial charge in [0.25, 0.3) is 5.91 Å². The minimum Gasteiger partial charge on any atom is -0.491 e. The number of ether oxygens (including phenoxy) is 2. The highest BCUT2D eigenvalue weighted by Crippen LogP contribution is 2.30. The Morgan fingerprint density at radius 2 is 1.69 bits per heavy atom. The van der Waals surface area contributed by atoms with Gasteiger partial charge in [0.05, 0.1) is 6.10 Å². The number of amides is 2. The third kappa shape index (κ3) is 4.95. The summed E-state index contributed by atoms with van der Waals surface area (Å²) in [5.74, 6) is 0.308. The molecular formula is C23H26N2O4. The van der Waals surface area contributed by atoms with E-state index in [4.69, 9.17) is 15.2 Å². The first-order valence-electron chi connectivity index (χ1n) is 10.1. The van der Waals surface area contributed by atoms with Crippen molar-refractivity contribution < 1.29 is 19.1 Å². The molecular weight excluding hydrogens is 368 g/mol. The van der Waals surface area contributed by atoms with Crippen LogP contribution in [0, 0.1) is 0 Å². The maximum Gasteiger partial charge on any atom is 0.254 e. The van der Waals surface area contributed by atoms with Gasteiger partial charge in [0.15, 0.2) is 0 Å². The van der Waals surface area contributed by atoms with Crippen molar-refractivity contribution in [2.24, 2.45) is 5.73 Å². The Hall–Kier alpha value is -2.86. The molecule has 2 aromatic rings. The smallest absolute Gasteiger partial charge is 0.254 e. The van der Waals surface area contributed by atoms with Crippen LogP contribution in [0.4, 0.5) is 0 Å². The quantitative estimate of drug-likeness (QED) is 0.746. The van der Waals surface area contributed by atoms with Crippen molar-refractivity contribution in [3.8, 4) is 5.75 Å². The zero-order chi connectivity index (χ0) is 20.2. The van der Waals surface area contributed by atoms with Gasteiger partial charge in [-0.25, -0.2) is 0 Å². The highest BCUT2D eigenvalue weighted by Gasteiger charge is 2.33. The molecule has 29 heavy (non-hydrogen) atoms. The predicted octanol–water partition coefficient (Wildman–Crippen LogP) is 3.15. The number of rotatable bonds is 8. The zero-order valence-electron chi connectivity index (χ0n) is 16.4. The maximum absolute atomic E-state index is 13.1. The average Bonchev–Trinajstić information content (AvgIpc) is 3.45. The molecule has 1 atom stereocenters. The number of hydrogen-bond acceptors (Lipinski definition) is 4. The van der Waals surface area contributed by atoms with Crippen molar-refractivity contribution in [2.75, 3.05) is 13.2 Å². The molecule has 1 unspecified atom stereocenters. The summed E-state index contributed by atoms with van der Waals surface area (Å²) in [5, 5.41) is 0. The zero-order valence-corrected chi connectivity index (χ0v) is 16.4. The van der Waals surface area contributed by atoms with Gasteiger partial charge in [-0.15, -0.1) is 0 Å². The number of nitrogens with two attached hydrogens (primary N) is 1. The van der Waals surface area contributed by atoms with Gasteiger partial charge in [0.2, 0.25) is 5.91 Å². The molecule has 152 valence electrons. The van der Waals surface area contributed by atoms with E-state index in [-0.39, 0.29) is 18.1 Å². The molecule has 0 radical (unpaired) electrons. The number of hydrogen-bond donors (Lipinski definition) is 1. The first-order valence-corrected chi connectivity index (χ1v) is 10.1. The summed E-state index contributed by atoms with van der Waals surface area (Å²) in [7, 11) is 0. The van der Waals surface area contributed by atoms with Gasteiger partial charge in [-0.05, 0) is 67.6 Å². The Bertz CT molecular complexity index is 853. The van der Waals surface area contributed by atoms with Gasteiger partial charge in [-0.1, -0.05) is 12.1 Å². The molecule has 0 aromatic heterocycles.